The summed E-state index contributed by atoms with van der Waals surface area (Å²) in [4.78, 5) is 13.8. The zero-order chi connectivity index (χ0) is 16.4. The van der Waals surface area contributed by atoms with E-state index >= 15 is 0 Å². The van der Waals surface area contributed by atoms with Crippen LogP contribution in [-0.4, -0.2) is 41.6 Å². The minimum absolute atomic E-state index is 0.150. The van der Waals surface area contributed by atoms with Crippen LogP contribution >= 0.6 is 7.60 Å². The Kier molecular flexibility index (Phi) is 5.87. The van der Waals surface area contributed by atoms with Crippen LogP contribution in [0.2, 0.25) is 0 Å². The Hall–Kier alpha value is -0.580. The van der Waals surface area contributed by atoms with E-state index < -0.39 is 25.1 Å². The van der Waals surface area contributed by atoms with Gasteiger partial charge in [0.25, 0.3) is 0 Å². The zero-order valence-corrected chi connectivity index (χ0v) is 15.0. The summed E-state index contributed by atoms with van der Waals surface area (Å²) < 4.78 is 29.0. The van der Waals surface area contributed by atoms with Crippen molar-refractivity contribution in [3.8, 4) is 0 Å². The van der Waals surface area contributed by atoms with E-state index in [0.717, 1.165) is 0 Å². The molecule has 1 fully saturated rings. The second-order valence-corrected chi connectivity index (χ2v) is 8.54. The molecule has 2 atom stereocenters. The zero-order valence-electron chi connectivity index (χ0n) is 14.1. The maximum atomic E-state index is 12.9. The van der Waals surface area contributed by atoms with E-state index in [1.165, 1.54) is 4.90 Å². The van der Waals surface area contributed by atoms with Gasteiger partial charge in [-0.3, -0.25) is 9.46 Å². The van der Waals surface area contributed by atoms with Gasteiger partial charge in [-0.2, -0.15) is 0 Å². The normalized spacial score (nSPS) is 22.6. The lowest BCUT2D eigenvalue weighted by Crippen LogP contribution is -2.29. The molecule has 1 amide bonds. The van der Waals surface area contributed by atoms with E-state index in [1.54, 1.807) is 34.6 Å². The smallest absolute Gasteiger partial charge is 0.411 e. The number of nitrogens with zero attached hydrogens (tertiary/aromatic N) is 1. The van der Waals surface area contributed by atoms with Gasteiger partial charge >= 0.3 is 13.7 Å². The van der Waals surface area contributed by atoms with Crippen molar-refractivity contribution in [1.82, 2.24) is 4.90 Å². The quantitative estimate of drug-likeness (QED) is 0.549. The fourth-order valence-electron chi connectivity index (χ4n) is 2.34. The Morgan fingerprint density at radius 3 is 2.00 bits per heavy atom. The lowest BCUT2D eigenvalue weighted by Gasteiger charge is -2.21. The van der Waals surface area contributed by atoms with Gasteiger partial charge in [0.05, 0.1) is 19.3 Å². The fourth-order valence-corrected chi connectivity index (χ4v) is 4.77. The first-order valence-corrected chi connectivity index (χ1v) is 9.08. The van der Waals surface area contributed by atoms with Gasteiger partial charge in [-0.15, -0.1) is 0 Å². The van der Waals surface area contributed by atoms with Crippen molar-refractivity contribution < 1.29 is 23.1 Å². The minimum Gasteiger partial charge on any atom is -0.444 e. The molecule has 21 heavy (non-hydrogen) atoms. The van der Waals surface area contributed by atoms with Crippen LogP contribution in [0.1, 0.15) is 48.5 Å². The molecule has 1 rings (SSSR count). The molecule has 0 N–H and O–H groups in total. The van der Waals surface area contributed by atoms with E-state index in [0.29, 0.717) is 0 Å². The number of carbonyl (C=O) groups is 1. The largest absolute Gasteiger partial charge is 0.444 e. The molecule has 6 nitrogen and oxygen atoms in total. The standard InChI is InChI=1S/C14H28NO5P/c1-8-18-21(17,19-9-2)12-11(10(3)4)15(12)13(16)20-14(5,6)7/h10-12H,8-9H2,1-7H3/t11-,12+,15?/m0/s1. The molecule has 7 heteroatoms. The van der Waals surface area contributed by atoms with E-state index in [-0.39, 0.29) is 25.2 Å². The van der Waals surface area contributed by atoms with Crippen LogP contribution in [0.3, 0.4) is 0 Å². The number of rotatable bonds is 6. The number of hydrogen-bond acceptors (Lipinski definition) is 5. The Bertz CT molecular complexity index is 408. The van der Waals surface area contributed by atoms with Gasteiger partial charge in [0, 0.05) is 0 Å². The molecule has 0 aromatic heterocycles. The highest BCUT2D eigenvalue weighted by atomic mass is 31.2. The molecule has 0 bridgehead atoms. The first-order chi connectivity index (χ1) is 9.57. The van der Waals surface area contributed by atoms with Crippen LogP contribution in [0.4, 0.5) is 4.79 Å². The van der Waals surface area contributed by atoms with Crippen molar-refractivity contribution in [2.24, 2.45) is 5.92 Å². The minimum atomic E-state index is -3.34. The highest BCUT2D eigenvalue weighted by Crippen LogP contribution is 2.64. The Labute approximate surface area is 127 Å². The number of carbonyl (C=O) groups excluding carboxylic acids is 1. The third kappa shape index (κ3) is 4.44. The average Bonchev–Trinajstić information content (AvgIpc) is 3.02. The Morgan fingerprint density at radius 1 is 1.19 bits per heavy atom. The molecule has 1 saturated heterocycles. The van der Waals surface area contributed by atoms with Gasteiger partial charge in [0.15, 0.2) is 5.78 Å². The van der Waals surface area contributed by atoms with Gasteiger partial charge < -0.3 is 13.8 Å². The molecular formula is C14H28NO5P. The molecule has 1 aliphatic rings. The van der Waals surface area contributed by atoms with Crippen molar-refractivity contribution in [1.29, 1.82) is 0 Å². The number of amides is 1. The third-order valence-electron chi connectivity index (χ3n) is 3.05. The predicted molar refractivity (Wildman–Crippen MR) is 81.3 cm³/mol. The summed E-state index contributed by atoms with van der Waals surface area (Å²) >= 11 is 0. The summed E-state index contributed by atoms with van der Waals surface area (Å²) in [5.41, 5.74) is -0.590. The Morgan fingerprint density at radius 2 is 1.67 bits per heavy atom. The van der Waals surface area contributed by atoms with Crippen LogP contribution in [0.15, 0.2) is 0 Å². The van der Waals surface area contributed by atoms with Crippen LogP contribution in [-0.2, 0) is 18.3 Å². The molecule has 1 aliphatic heterocycles. The molecular weight excluding hydrogens is 293 g/mol. The molecule has 0 aliphatic carbocycles. The van der Waals surface area contributed by atoms with Gasteiger partial charge in [-0.05, 0) is 40.5 Å². The van der Waals surface area contributed by atoms with Crippen molar-refractivity contribution >= 4 is 13.7 Å². The number of ether oxygens (including phenoxy) is 1. The molecule has 0 unspecified atom stereocenters. The molecule has 0 saturated carbocycles. The summed E-state index contributed by atoms with van der Waals surface area (Å²) in [5.74, 6) is -0.399. The third-order valence-corrected chi connectivity index (χ3v) is 5.49. The van der Waals surface area contributed by atoms with Crippen LogP contribution in [0, 0.1) is 5.92 Å². The van der Waals surface area contributed by atoms with Crippen LogP contribution < -0.4 is 0 Å². The second kappa shape index (κ2) is 6.67. The lowest BCUT2D eigenvalue weighted by molar-refractivity contribution is 0.0388. The van der Waals surface area contributed by atoms with E-state index in [4.69, 9.17) is 13.8 Å². The highest BCUT2D eigenvalue weighted by Gasteiger charge is 2.64. The number of hydrogen-bond donors (Lipinski definition) is 0. The Balaban J connectivity index is 2.94. The average molecular weight is 321 g/mol. The maximum absolute atomic E-state index is 12.9. The van der Waals surface area contributed by atoms with Crippen LogP contribution in [0.5, 0.6) is 0 Å². The summed E-state index contributed by atoms with van der Waals surface area (Å²) in [5, 5.41) is 0. The molecule has 0 aromatic rings. The molecule has 124 valence electrons. The summed E-state index contributed by atoms with van der Waals surface area (Å²) in [7, 11) is -3.34. The van der Waals surface area contributed by atoms with Crippen molar-refractivity contribution in [3.05, 3.63) is 0 Å². The van der Waals surface area contributed by atoms with Crippen molar-refractivity contribution in [2.45, 2.75) is 65.9 Å². The van der Waals surface area contributed by atoms with Crippen molar-refractivity contribution in [3.63, 3.8) is 0 Å². The molecule has 0 aromatic carbocycles. The highest BCUT2D eigenvalue weighted by molar-refractivity contribution is 7.55. The topological polar surface area (TPSA) is 64.8 Å². The fraction of sp³-hybridized carbons (Fsp3) is 0.929. The lowest BCUT2D eigenvalue weighted by atomic mass is 10.1. The van der Waals surface area contributed by atoms with Crippen LogP contribution in [0.25, 0.3) is 0 Å². The van der Waals surface area contributed by atoms with Gasteiger partial charge in [-0.25, -0.2) is 4.79 Å². The monoisotopic (exact) mass is 321 g/mol. The van der Waals surface area contributed by atoms with Gasteiger partial charge in [-0.1, -0.05) is 13.8 Å². The van der Waals surface area contributed by atoms with Gasteiger partial charge in [0.1, 0.15) is 5.60 Å². The van der Waals surface area contributed by atoms with Crippen molar-refractivity contribution in [2.75, 3.05) is 13.2 Å². The SMILES string of the molecule is CCOP(=O)(OCC)[C@@H]1[C@H](C(C)C)N1C(=O)OC(C)(C)C. The molecule has 1 heterocycles. The second-order valence-electron chi connectivity index (χ2n) is 6.41. The predicted octanol–water partition coefficient (Wildman–Crippen LogP) is 3.85. The van der Waals surface area contributed by atoms with E-state index in [9.17, 15) is 9.36 Å². The first kappa shape index (κ1) is 18.5. The summed E-state index contributed by atoms with van der Waals surface area (Å²) in [6.45, 7) is 13.4. The summed E-state index contributed by atoms with van der Waals surface area (Å²) in [6, 6.07) is -0.177. The first-order valence-electron chi connectivity index (χ1n) is 7.47. The van der Waals surface area contributed by atoms with Gasteiger partial charge in [0.2, 0.25) is 0 Å². The maximum Gasteiger partial charge on any atom is 0.411 e. The molecule has 0 spiro atoms. The summed E-state index contributed by atoms with van der Waals surface area (Å²) in [6.07, 6.45) is -0.467. The van der Waals surface area contributed by atoms with E-state index in [1.807, 2.05) is 13.8 Å². The molecule has 0 radical (unpaired) electrons. The van der Waals surface area contributed by atoms with E-state index in [2.05, 4.69) is 0 Å².